The molecule has 0 saturated carbocycles. The quantitative estimate of drug-likeness (QED) is 0.252. The summed E-state index contributed by atoms with van der Waals surface area (Å²) in [6.45, 7) is 14.2. The van der Waals surface area contributed by atoms with Gasteiger partial charge in [-0.1, -0.05) is 40.0 Å². The number of hydrogen-bond donors (Lipinski definition) is 1. The number of aliphatic hydroxyl groups excluding tert-OH is 1. The minimum atomic E-state index is 0.0484. The van der Waals surface area contributed by atoms with E-state index in [1.807, 2.05) is 0 Å². The zero-order chi connectivity index (χ0) is 21.7. The zero-order valence-electron chi connectivity index (χ0n) is 19.3. The highest BCUT2D eigenvalue weighted by molar-refractivity contribution is 4.37. The van der Waals surface area contributed by atoms with Crippen LogP contribution < -0.4 is 0 Å². The molecule has 178 valence electrons. The summed E-state index contributed by atoms with van der Waals surface area (Å²) in [4.78, 5) is 0. The van der Waals surface area contributed by atoms with Crippen molar-refractivity contribution in [3.8, 4) is 0 Å². The normalized spacial score (nSPS) is 10.8. The van der Waals surface area contributed by atoms with E-state index in [1.165, 1.54) is 25.7 Å². The minimum Gasteiger partial charge on any atom is -0.394 e. The van der Waals surface area contributed by atoms with Crippen LogP contribution in [0.5, 0.6) is 0 Å². The molecule has 0 aliphatic rings. The molecule has 1 N–H and O–H groups in total. The molecular weight excluding hydrogens is 376 g/mol. The van der Waals surface area contributed by atoms with Gasteiger partial charge >= 0.3 is 0 Å². The predicted octanol–water partition coefficient (Wildman–Crippen LogP) is 3.47. The molecule has 0 radical (unpaired) electrons. The lowest BCUT2D eigenvalue weighted by Crippen LogP contribution is -2.13. The summed E-state index contributed by atoms with van der Waals surface area (Å²) in [5.41, 5.74) is 0. The van der Waals surface area contributed by atoms with E-state index in [2.05, 4.69) is 20.8 Å². The third-order valence-corrected chi connectivity index (χ3v) is 3.65. The first-order valence-electron chi connectivity index (χ1n) is 11.4. The fourth-order valence-corrected chi connectivity index (χ4v) is 1.89. The van der Waals surface area contributed by atoms with Crippen molar-refractivity contribution in [2.45, 2.75) is 59.3 Å². The zero-order valence-corrected chi connectivity index (χ0v) is 19.3. The van der Waals surface area contributed by atoms with Crippen LogP contribution in [0.3, 0.4) is 0 Å². The van der Waals surface area contributed by atoms with Gasteiger partial charge in [0.15, 0.2) is 0 Å². The van der Waals surface area contributed by atoms with Gasteiger partial charge in [0.2, 0.25) is 0 Å². The van der Waals surface area contributed by atoms with Gasteiger partial charge in [-0.15, -0.1) is 0 Å². The molecular formula is C22H48O7. The van der Waals surface area contributed by atoms with E-state index < -0.39 is 0 Å². The van der Waals surface area contributed by atoms with Gasteiger partial charge in [-0.2, -0.15) is 0 Å². The van der Waals surface area contributed by atoms with E-state index >= 15 is 0 Å². The van der Waals surface area contributed by atoms with Crippen LogP contribution in [0, 0.1) is 0 Å². The maximum Gasteiger partial charge on any atom is 0.0701 e. The van der Waals surface area contributed by atoms with E-state index in [4.69, 9.17) is 33.5 Å². The third kappa shape index (κ3) is 35.5. The number of ether oxygens (including phenoxy) is 6. The van der Waals surface area contributed by atoms with Gasteiger partial charge in [0.1, 0.15) is 0 Å². The lowest BCUT2D eigenvalue weighted by atomic mass is 10.3. The third-order valence-electron chi connectivity index (χ3n) is 3.65. The first-order valence-corrected chi connectivity index (χ1v) is 11.4. The van der Waals surface area contributed by atoms with Gasteiger partial charge in [0.05, 0.1) is 66.1 Å². The second kappa shape index (κ2) is 32.4. The second-order valence-corrected chi connectivity index (χ2v) is 6.46. The molecule has 0 rings (SSSR count). The SMILES string of the molecule is CCCCOCCCC.CCCCOCCOCCOCCOCCOCCO. The topological polar surface area (TPSA) is 75.6 Å². The van der Waals surface area contributed by atoms with Gasteiger partial charge in [0.25, 0.3) is 0 Å². The van der Waals surface area contributed by atoms with Crippen LogP contribution in [0.25, 0.3) is 0 Å². The van der Waals surface area contributed by atoms with Crippen molar-refractivity contribution in [3.05, 3.63) is 0 Å². The summed E-state index contributed by atoms with van der Waals surface area (Å²) in [7, 11) is 0. The summed E-state index contributed by atoms with van der Waals surface area (Å²) in [5, 5.41) is 8.48. The molecule has 0 saturated heterocycles. The van der Waals surface area contributed by atoms with Crippen LogP contribution in [-0.2, 0) is 28.4 Å². The monoisotopic (exact) mass is 424 g/mol. The molecule has 0 heterocycles. The lowest BCUT2D eigenvalue weighted by Gasteiger charge is -2.07. The Bertz CT molecular complexity index is 231. The summed E-state index contributed by atoms with van der Waals surface area (Å²) >= 11 is 0. The standard InChI is InChI=1S/C14H30O6.C8H18O/c1-2-3-5-16-7-9-18-11-13-20-14-12-19-10-8-17-6-4-15;1-3-5-7-9-8-6-4-2/h15H,2-14H2,1H3;3-8H2,1-2H3. The fraction of sp³-hybridized carbons (Fsp3) is 1.00. The number of hydrogen-bond acceptors (Lipinski definition) is 7. The largest absolute Gasteiger partial charge is 0.394 e. The molecule has 29 heavy (non-hydrogen) atoms. The van der Waals surface area contributed by atoms with Gasteiger partial charge in [-0.05, 0) is 19.3 Å². The smallest absolute Gasteiger partial charge is 0.0701 e. The summed E-state index contributed by atoms with van der Waals surface area (Å²) in [6, 6.07) is 0. The Morgan fingerprint density at radius 3 is 0.897 bits per heavy atom. The van der Waals surface area contributed by atoms with Crippen molar-refractivity contribution < 1.29 is 33.5 Å². The van der Waals surface area contributed by atoms with Crippen molar-refractivity contribution in [2.24, 2.45) is 0 Å². The number of aliphatic hydroxyl groups is 1. The van der Waals surface area contributed by atoms with Crippen molar-refractivity contribution in [3.63, 3.8) is 0 Å². The van der Waals surface area contributed by atoms with Gasteiger partial charge in [-0.25, -0.2) is 0 Å². The average Bonchev–Trinajstić information content (AvgIpc) is 2.74. The van der Waals surface area contributed by atoms with Crippen LogP contribution >= 0.6 is 0 Å². The highest BCUT2D eigenvalue weighted by Gasteiger charge is 1.93. The van der Waals surface area contributed by atoms with Crippen molar-refractivity contribution in [2.75, 3.05) is 85.9 Å². The number of unbranched alkanes of at least 4 members (excludes halogenated alkanes) is 3. The highest BCUT2D eigenvalue weighted by Crippen LogP contribution is 1.91. The van der Waals surface area contributed by atoms with E-state index in [-0.39, 0.29) is 6.61 Å². The maximum atomic E-state index is 8.48. The molecule has 0 aromatic carbocycles. The lowest BCUT2D eigenvalue weighted by molar-refractivity contribution is -0.0133. The predicted molar refractivity (Wildman–Crippen MR) is 117 cm³/mol. The Morgan fingerprint density at radius 1 is 0.379 bits per heavy atom. The Kier molecular flexibility index (Phi) is 34.5. The Labute approximate surface area is 179 Å². The van der Waals surface area contributed by atoms with Crippen LogP contribution in [0.4, 0.5) is 0 Å². The molecule has 0 spiro atoms. The van der Waals surface area contributed by atoms with Crippen molar-refractivity contribution >= 4 is 0 Å². The van der Waals surface area contributed by atoms with Crippen molar-refractivity contribution in [1.29, 1.82) is 0 Å². The van der Waals surface area contributed by atoms with Crippen molar-refractivity contribution in [1.82, 2.24) is 0 Å². The fourth-order valence-electron chi connectivity index (χ4n) is 1.89. The van der Waals surface area contributed by atoms with E-state index in [1.54, 1.807) is 0 Å². The molecule has 0 aliphatic carbocycles. The molecule has 0 bridgehead atoms. The molecule has 7 nitrogen and oxygen atoms in total. The minimum absolute atomic E-state index is 0.0484. The Balaban J connectivity index is 0. The van der Waals surface area contributed by atoms with Crippen LogP contribution in [0.2, 0.25) is 0 Å². The van der Waals surface area contributed by atoms with E-state index in [0.717, 1.165) is 32.7 Å². The van der Waals surface area contributed by atoms with Gasteiger partial charge in [-0.3, -0.25) is 0 Å². The summed E-state index contributed by atoms with van der Waals surface area (Å²) in [5.74, 6) is 0. The number of rotatable bonds is 23. The van der Waals surface area contributed by atoms with Crippen LogP contribution in [-0.4, -0.2) is 91.0 Å². The second-order valence-electron chi connectivity index (χ2n) is 6.46. The van der Waals surface area contributed by atoms with Gasteiger partial charge < -0.3 is 33.5 Å². The summed E-state index contributed by atoms with van der Waals surface area (Å²) < 4.78 is 31.7. The first kappa shape index (κ1) is 30.9. The van der Waals surface area contributed by atoms with Crippen LogP contribution in [0.15, 0.2) is 0 Å². The first-order chi connectivity index (χ1) is 14.3. The summed E-state index contributed by atoms with van der Waals surface area (Å²) in [6.07, 6.45) is 7.17. The highest BCUT2D eigenvalue weighted by atomic mass is 16.6. The molecule has 0 aromatic rings. The van der Waals surface area contributed by atoms with E-state index in [9.17, 15) is 0 Å². The molecule has 0 amide bonds. The molecule has 7 heteroatoms. The Hall–Kier alpha value is -0.280. The van der Waals surface area contributed by atoms with Crippen LogP contribution in [0.1, 0.15) is 59.3 Å². The molecule has 0 unspecified atom stereocenters. The molecule has 0 atom stereocenters. The molecule has 0 aliphatic heterocycles. The van der Waals surface area contributed by atoms with Gasteiger partial charge in [0, 0.05) is 19.8 Å². The van der Waals surface area contributed by atoms with E-state index in [0.29, 0.717) is 59.5 Å². The average molecular weight is 425 g/mol. The molecule has 0 aromatic heterocycles. The maximum absolute atomic E-state index is 8.48. The Morgan fingerprint density at radius 2 is 0.621 bits per heavy atom. The molecule has 0 fully saturated rings.